The average molecular weight is 352 g/mol. The number of carbonyl (C=O) groups is 2. The number of hydrogen-bond donors (Lipinski definition) is 1. The molecule has 0 saturated carbocycles. The van der Waals surface area contributed by atoms with Gasteiger partial charge in [-0.05, 0) is 32.9 Å². The van der Waals surface area contributed by atoms with E-state index < -0.39 is 11.7 Å². The van der Waals surface area contributed by atoms with E-state index >= 15 is 0 Å². The molecule has 0 saturated heterocycles. The number of carbonyl (C=O) groups excluding carboxylic acids is 2. The van der Waals surface area contributed by atoms with Crippen molar-refractivity contribution in [2.24, 2.45) is 0 Å². The molecule has 2 rings (SSSR count). The smallest absolute Gasteiger partial charge is 0.413 e. The Labute approximate surface area is 144 Å². The average Bonchev–Trinajstić information content (AvgIpc) is 3.11. The van der Waals surface area contributed by atoms with Gasteiger partial charge in [0.15, 0.2) is 16.7 Å². The molecule has 0 bridgehead atoms. The van der Waals surface area contributed by atoms with Crippen LogP contribution in [0.5, 0.6) is 0 Å². The molecule has 24 heavy (non-hydrogen) atoms. The molecule has 0 spiro atoms. The molecule has 2 heterocycles. The minimum atomic E-state index is -0.627. The third kappa shape index (κ3) is 4.90. The van der Waals surface area contributed by atoms with Crippen molar-refractivity contribution in [2.75, 3.05) is 19.0 Å². The van der Waals surface area contributed by atoms with Crippen LogP contribution in [-0.4, -0.2) is 36.2 Å². The first-order valence-electron chi connectivity index (χ1n) is 7.37. The lowest BCUT2D eigenvalue weighted by Gasteiger charge is -2.18. The number of furan rings is 1. The van der Waals surface area contributed by atoms with Crippen LogP contribution >= 0.6 is 11.3 Å². The second-order valence-corrected chi connectivity index (χ2v) is 6.97. The number of nitrogens with one attached hydrogen (secondary N) is 1. The third-order valence-electron chi connectivity index (χ3n) is 2.78. The molecule has 2 aromatic rings. The predicted molar refractivity (Wildman–Crippen MR) is 90.5 cm³/mol. The molecule has 7 nitrogen and oxygen atoms in total. The maximum Gasteiger partial charge on any atom is 0.413 e. The first-order chi connectivity index (χ1) is 11.3. The van der Waals surface area contributed by atoms with Crippen molar-refractivity contribution in [1.82, 2.24) is 4.98 Å². The Morgan fingerprint density at radius 3 is 2.71 bits per heavy atom. The number of thiazole rings is 1. The van der Waals surface area contributed by atoms with E-state index in [9.17, 15) is 9.59 Å². The summed E-state index contributed by atoms with van der Waals surface area (Å²) in [7, 11) is 1.53. The molecule has 0 unspecified atom stereocenters. The fourth-order valence-corrected chi connectivity index (χ4v) is 2.77. The summed E-state index contributed by atoms with van der Waals surface area (Å²) in [4.78, 5) is 28.9. The van der Waals surface area contributed by atoms with Crippen LogP contribution in [0.1, 0.15) is 36.9 Å². The summed E-state index contributed by atoms with van der Waals surface area (Å²) >= 11 is 1.08. The summed E-state index contributed by atoms with van der Waals surface area (Å²) in [6, 6.07) is 3.42. The van der Waals surface area contributed by atoms with E-state index in [1.54, 1.807) is 32.9 Å². The molecule has 0 aliphatic heterocycles. The van der Waals surface area contributed by atoms with Gasteiger partial charge in [0.1, 0.15) is 16.2 Å². The zero-order valence-electron chi connectivity index (χ0n) is 14.0. The van der Waals surface area contributed by atoms with E-state index in [2.05, 4.69) is 10.3 Å². The Morgan fingerprint density at radius 2 is 2.12 bits per heavy atom. The summed E-state index contributed by atoms with van der Waals surface area (Å²) in [5, 5.41) is 2.83. The standard InChI is InChI=1S/C16H20N2O5S/c1-16(2,3)23-15(20)18-14-17-12(11-6-5-8-22-11)13(24-14)10(19)7-9-21-4/h5-6,8H,7,9H2,1-4H3,(H,17,18,20). The summed E-state index contributed by atoms with van der Waals surface area (Å²) in [5.74, 6) is 0.335. The number of nitrogens with zero attached hydrogens (tertiary/aromatic N) is 1. The van der Waals surface area contributed by atoms with Gasteiger partial charge in [0, 0.05) is 13.5 Å². The quantitative estimate of drug-likeness (QED) is 0.791. The van der Waals surface area contributed by atoms with Crippen LogP contribution in [0, 0.1) is 0 Å². The van der Waals surface area contributed by atoms with E-state index in [4.69, 9.17) is 13.9 Å². The number of ether oxygens (including phenoxy) is 2. The SMILES string of the molecule is COCCC(=O)c1sc(NC(=O)OC(C)(C)C)nc1-c1ccco1. The summed E-state index contributed by atoms with van der Waals surface area (Å²) in [6.07, 6.45) is 1.09. The monoisotopic (exact) mass is 352 g/mol. The minimum absolute atomic E-state index is 0.127. The van der Waals surface area contributed by atoms with E-state index in [1.165, 1.54) is 13.4 Å². The highest BCUT2D eigenvalue weighted by Crippen LogP contribution is 2.32. The highest BCUT2D eigenvalue weighted by Gasteiger charge is 2.23. The molecule has 0 radical (unpaired) electrons. The number of aromatic nitrogens is 1. The summed E-state index contributed by atoms with van der Waals surface area (Å²) in [6.45, 7) is 5.61. The second kappa shape index (κ2) is 7.59. The van der Waals surface area contributed by atoms with Crippen LogP contribution in [0.15, 0.2) is 22.8 Å². The van der Waals surface area contributed by atoms with Gasteiger partial charge in [-0.1, -0.05) is 11.3 Å². The molecule has 1 amide bonds. The lowest BCUT2D eigenvalue weighted by molar-refractivity contribution is 0.0635. The van der Waals surface area contributed by atoms with Crippen molar-refractivity contribution in [3.63, 3.8) is 0 Å². The number of Topliss-reactive ketones (excluding diaryl/α,β-unsaturated/α-hetero) is 1. The Balaban J connectivity index is 2.24. The lowest BCUT2D eigenvalue weighted by atomic mass is 10.2. The molecule has 0 aliphatic rings. The predicted octanol–water partition coefficient (Wildman–Crippen LogP) is 3.97. The molecule has 2 aromatic heterocycles. The zero-order chi connectivity index (χ0) is 17.7. The van der Waals surface area contributed by atoms with Crippen LogP contribution in [0.2, 0.25) is 0 Å². The van der Waals surface area contributed by atoms with E-state index in [0.29, 0.717) is 22.9 Å². The molecule has 130 valence electrons. The first-order valence-corrected chi connectivity index (χ1v) is 8.18. The van der Waals surface area contributed by atoms with Crippen LogP contribution in [0.3, 0.4) is 0 Å². The number of methoxy groups -OCH3 is 1. The minimum Gasteiger partial charge on any atom is -0.463 e. The Morgan fingerprint density at radius 1 is 1.38 bits per heavy atom. The van der Waals surface area contributed by atoms with Crippen LogP contribution in [-0.2, 0) is 9.47 Å². The highest BCUT2D eigenvalue weighted by molar-refractivity contribution is 7.18. The fraction of sp³-hybridized carbons (Fsp3) is 0.438. The number of rotatable bonds is 6. The number of amides is 1. The second-order valence-electron chi connectivity index (χ2n) is 5.97. The fourth-order valence-electron chi connectivity index (χ4n) is 1.84. The number of ketones is 1. The Kier molecular flexibility index (Phi) is 5.74. The Bertz CT molecular complexity index is 701. The van der Waals surface area contributed by atoms with Gasteiger partial charge in [0.2, 0.25) is 0 Å². The van der Waals surface area contributed by atoms with Gasteiger partial charge in [-0.2, -0.15) is 0 Å². The van der Waals surface area contributed by atoms with Gasteiger partial charge in [-0.15, -0.1) is 0 Å². The van der Waals surface area contributed by atoms with Crippen molar-refractivity contribution >= 4 is 28.3 Å². The largest absolute Gasteiger partial charge is 0.463 e. The summed E-state index contributed by atoms with van der Waals surface area (Å²) < 4.78 is 15.5. The van der Waals surface area contributed by atoms with Crippen LogP contribution in [0.25, 0.3) is 11.5 Å². The Hall–Kier alpha value is -2.19. The van der Waals surface area contributed by atoms with E-state index in [0.717, 1.165) is 11.3 Å². The molecule has 0 aromatic carbocycles. The van der Waals surface area contributed by atoms with Gasteiger partial charge in [-0.25, -0.2) is 9.78 Å². The molecular formula is C16H20N2O5S. The topological polar surface area (TPSA) is 90.7 Å². The van der Waals surface area contributed by atoms with Crippen molar-refractivity contribution in [1.29, 1.82) is 0 Å². The lowest BCUT2D eigenvalue weighted by Crippen LogP contribution is -2.27. The van der Waals surface area contributed by atoms with Crippen molar-refractivity contribution in [2.45, 2.75) is 32.8 Å². The van der Waals surface area contributed by atoms with Gasteiger partial charge < -0.3 is 13.9 Å². The van der Waals surface area contributed by atoms with Crippen molar-refractivity contribution < 1.29 is 23.5 Å². The first kappa shape index (κ1) is 18.2. The van der Waals surface area contributed by atoms with Gasteiger partial charge >= 0.3 is 6.09 Å². The highest BCUT2D eigenvalue weighted by atomic mass is 32.1. The molecule has 0 aliphatic carbocycles. The van der Waals surface area contributed by atoms with Gasteiger partial charge in [-0.3, -0.25) is 10.1 Å². The zero-order valence-corrected chi connectivity index (χ0v) is 14.9. The maximum atomic E-state index is 12.4. The van der Waals surface area contributed by atoms with Crippen molar-refractivity contribution in [3.8, 4) is 11.5 Å². The molecule has 8 heteroatoms. The van der Waals surface area contributed by atoms with E-state index in [1.807, 2.05) is 0 Å². The molecule has 0 fully saturated rings. The van der Waals surface area contributed by atoms with Crippen molar-refractivity contribution in [3.05, 3.63) is 23.3 Å². The van der Waals surface area contributed by atoms with E-state index in [-0.39, 0.29) is 17.3 Å². The number of hydrogen-bond acceptors (Lipinski definition) is 7. The molecular weight excluding hydrogens is 332 g/mol. The number of anilines is 1. The summed E-state index contributed by atoms with van der Waals surface area (Å²) in [5.41, 5.74) is -0.223. The van der Waals surface area contributed by atoms with Crippen LogP contribution < -0.4 is 5.32 Å². The maximum absolute atomic E-state index is 12.4. The molecule has 0 atom stereocenters. The van der Waals surface area contributed by atoms with Gasteiger partial charge in [0.25, 0.3) is 0 Å². The van der Waals surface area contributed by atoms with Crippen LogP contribution in [0.4, 0.5) is 9.93 Å². The molecule has 1 N–H and O–H groups in total. The third-order valence-corrected chi connectivity index (χ3v) is 3.79. The normalized spacial score (nSPS) is 11.3. The van der Waals surface area contributed by atoms with Gasteiger partial charge in [0.05, 0.1) is 12.9 Å².